The van der Waals surface area contributed by atoms with Crippen molar-refractivity contribution in [2.75, 3.05) is 13.1 Å². The summed E-state index contributed by atoms with van der Waals surface area (Å²) in [5.74, 6) is 5.15. The van der Waals surface area contributed by atoms with Gasteiger partial charge in [-0.25, -0.2) is 9.37 Å². The van der Waals surface area contributed by atoms with Crippen LogP contribution in [0.25, 0.3) is 0 Å². The molecule has 17 heavy (non-hydrogen) atoms. The van der Waals surface area contributed by atoms with Gasteiger partial charge in [0.05, 0.1) is 6.54 Å². The van der Waals surface area contributed by atoms with Crippen molar-refractivity contribution >= 4 is 5.91 Å². The molecule has 1 aliphatic rings. The molecule has 0 unspecified atom stereocenters. The van der Waals surface area contributed by atoms with E-state index in [9.17, 15) is 9.18 Å². The van der Waals surface area contributed by atoms with E-state index in [0.717, 1.165) is 18.5 Å². The molecule has 1 aromatic rings. The lowest BCUT2D eigenvalue weighted by Gasteiger charge is -2.09. The average molecular weight is 232 g/mol. The van der Waals surface area contributed by atoms with Gasteiger partial charge < -0.3 is 4.90 Å². The molecule has 0 atom stereocenters. The highest BCUT2D eigenvalue weighted by molar-refractivity contribution is 5.78. The van der Waals surface area contributed by atoms with Crippen LogP contribution in [0.3, 0.4) is 0 Å². The van der Waals surface area contributed by atoms with Gasteiger partial charge in [-0.05, 0) is 30.9 Å². The number of halogens is 1. The third-order valence-corrected chi connectivity index (χ3v) is 2.63. The van der Waals surface area contributed by atoms with Crippen LogP contribution in [0.5, 0.6) is 0 Å². The highest BCUT2D eigenvalue weighted by Gasteiger charge is 2.18. The Hall–Kier alpha value is -1.89. The normalized spacial score (nSPS) is 14.7. The van der Waals surface area contributed by atoms with E-state index >= 15 is 0 Å². The summed E-state index contributed by atoms with van der Waals surface area (Å²) in [5, 5.41) is 0. The molecule has 1 aliphatic heterocycles. The monoisotopic (exact) mass is 232 g/mol. The Morgan fingerprint density at radius 3 is 3.06 bits per heavy atom. The van der Waals surface area contributed by atoms with Crippen molar-refractivity contribution in [3.63, 3.8) is 0 Å². The summed E-state index contributed by atoms with van der Waals surface area (Å²) in [6, 6.07) is 1.40. The second-order valence-corrected chi connectivity index (χ2v) is 4.06. The van der Waals surface area contributed by atoms with Crippen molar-refractivity contribution in [1.82, 2.24) is 9.88 Å². The van der Waals surface area contributed by atoms with Gasteiger partial charge in [0, 0.05) is 19.2 Å². The van der Waals surface area contributed by atoms with Crippen molar-refractivity contribution in [2.24, 2.45) is 0 Å². The molecule has 0 radical (unpaired) electrons. The summed E-state index contributed by atoms with van der Waals surface area (Å²) in [4.78, 5) is 16.9. The van der Waals surface area contributed by atoms with Crippen LogP contribution in [0.2, 0.25) is 0 Å². The Kier molecular flexibility index (Phi) is 3.38. The zero-order valence-electron chi connectivity index (χ0n) is 9.66. The first-order valence-corrected chi connectivity index (χ1v) is 5.55. The van der Waals surface area contributed by atoms with Crippen LogP contribution in [-0.2, 0) is 4.79 Å². The van der Waals surface area contributed by atoms with Gasteiger partial charge in [0.15, 0.2) is 5.82 Å². The van der Waals surface area contributed by atoms with Crippen LogP contribution in [0, 0.1) is 24.6 Å². The van der Waals surface area contributed by atoms with Crippen molar-refractivity contribution in [2.45, 2.75) is 19.8 Å². The molecule has 0 bridgehead atoms. The van der Waals surface area contributed by atoms with Gasteiger partial charge in [0.1, 0.15) is 5.69 Å². The summed E-state index contributed by atoms with van der Waals surface area (Å²) in [5.41, 5.74) is 0.907. The van der Waals surface area contributed by atoms with Crippen LogP contribution >= 0.6 is 0 Å². The van der Waals surface area contributed by atoms with Gasteiger partial charge in [0.25, 0.3) is 0 Å². The molecular weight excluding hydrogens is 219 g/mol. The predicted octanol–water partition coefficient (Wildman–Crippen LogP) is 1.50. The summed E-state index contributed by atoms with van der Waals surface area (Å²) in [6.07, 6.45) is 3.06. The quantitative estimate of drug-likeness (QED) is 0.687. The van der Waals surface area contributed by atoms with Crippen LogP contribution in [-0.4, -0.2) is 28.9 Å². The summed E-state index contributed by atoms with van der Waals surface area (Å²) in [6.45, 7) is 2.88. The van der Waals surface area contributed by atoms with E-state index in [2.05, 4.69) is 16.8 Å². The largest absolute Gasteiger partial charge is 0.332 e. The van der Waals surface area contributed by atoms with E-state index in [1.165, 1.54) is 6.07 Å². The highest BCUT2D eigenvalue weighted by Crippen LogP contribution is 2.08. The minimum Gasteiger partial charge on any atom is -0.332 e. The molecule has 0 aliphatic carbocycles. The smallest absolute Gasteiger partial charge is 0.223 e. The maximum atomic E-state index is 13.4. The molecule has 1 fully saturated rings. The first-order valence-electron chi connectivity index (χ1n) is 5.55. The molecule has 1 aromatic heterocycles. The molecule has 3 nitrogen and oxygen atoms in total. The lowest BCUT2D eigenvalue weighted by Crippen LogP contribution is -2.24. The third kappa shape index (κ3) is 2.82. The molecule has 1 amide bonds. The van der Waals surface area contributed by atoms with E-state index in [1.54, 1.807) is 18.0 Å². The Morgan fingerprint density at radius 2 is 2.41 bits per heavy atom. The molecule has 0 aromatic carbocycles. The number of hydrogen-bond donors (Lipinski definition) is 0. The van der Waals surface area contributed by atoms with Gasteiger partial charge in [0.2, 0.25) is 5.91 Å². The SMILES string of the molecule is Cc1cnc(C#CCN2CCCC2=O)c(F)c1. The maximum Gasteiger partial charge on any atom is 0.223 e. The number of pyridine rings is 1. The summed E-state index contributed by atoms with van der Waals surface area (Å²) < 4.78 is 13.4. The van der Waals surface area contributed by atoms with E-state index in [-0.39, 0.29) is 11.6 Å². The number of carbonyl (C=O) groups excluding carboxylic acids is 1. The molecule has 0 saturated carbocycles. The van der Waals surface area contributed by atoms with E-state index < -0.39 is 5.82 Å². The second-order valence-electron chi connectivity index (χ2n) is 4.06. The predicted molar refractivity (Wildman–Crippen MR) is 61.6 cm³/mol. The number of nitrogens with zero attached hydrogens (tertiary/aromatic N) is 2. The molecule has 0 N–H and O–H groups in total. The van der Waals surface area contributed by atoms with Gasteiger partial charge in [-0.1, -0.05) is 5.92 Å². The fraction of sp³-hybridized carbons (Fsp3) is 0.385. The molecular formula is C13H13FN2O. The number of amides is 1. The van der Waals surface area contributed by atoms with E-state index in [0.29, 0.717) is 13.0 Å². The Morgan fingerprint density at radius 1 is 1.59 bits per heavy atom. The van der Waals surface area contributed by atoms with Crippen LogP contribution in [0.4, 0.5) is 4.39 Å². The number of likely N-dealkylation sites (tertiary alicyclic amines) is 1. The number of aryl methyl sites for hydroxylation is 1. The summed E-state index contributed by atoms with van der Waals surface area (Å²) >= 11 is 0. The third-order valence-electron chi connectivity index (χ3n) is 2.63. The number of carbonyl (C=O) groups is 1. The zero-order valence-corrected chi connectivity index (χ0v) is 9.66. The van der Waals surface area contributed by atoms with Crippen molar-refractivity contribution < 1.29 is 9.18 Å². The minimum atomic E-state index is -0.412. The van der Waals surface area contributed by atoms with Gasteiger partial charge in [-0.15, -0.1) is 0 Å². The fourth-order valence-electron chi connectivity index (χ4n) is 1.72. The second kappa shape index (κ2) is 4.96. The number of aromatic nitrogens is 1. The topological polar surface area (TPSA) is 33.2 Å². The fourth-order valence-corrected chi connectivity index (χ4v) is 1.72. The van der Waals surface area contributed by atoms with Crippen molar-refractivity contribution in [1.29, 1.82) is 0 Å². The maximum absolute atomic E-state index is 13.4. The molecule has 1 saturated heterocycles. The highest BCUT2D eigenvalue weighted by atomic mass is 19.1. The van der Waals surface area contributed by atoms with Gasteiger partial charge in [-0.2, -0.15) is 0 Å². The number of rotatable bonds is 1. The number of hydrogen-bond acceptors (Lipinski definition) is 2. The van der Waals surface area contributed by atoms with Crippen molar-refractivity contribution in [3.8, 4) is 11.8 Å². The average Bonchev–Trinajstić information content (AvgIpc) is 2.68. The Balaban J connectivity index is 2.03. The van der Waals surface area contributed by atoms with Crippen LogP contribution < -0.4 is 0 Å². The van der Waals surface area contributed by atoms with Crippen LogP contribution in [0.1, 0.15) is 24.1 Å². The zero-order chi connectivity index (χ0) is 12.3. The molecule has 88 valence electrons. The lowest BCUT2D eigenvalue weighted by molar-refractivity contribution is -0.127. The lowest BCUT2D eigenvalue weighted by atomic mass is 10.2. The molecule has 0 spiro atoms. The van der Waals surface area contributed by atoms with Gasteiger partial charge >= 0.3 is 0 Å². The standard InChI is InChI=1S/C13H13FN2O/c1-10-8-11(14)12(15-9-10)4-2-6-16-7-3-5-13(16)17/h8-9H,3,5-7H2,1H3. The van der Waals surface area contributed by atoms with Crippen LogP contribution in [0.15, 0.2) is 12.3 Å². The van der Waals surface area contributed by atoms with Crippen molar-refractivity contribution in [3.05, 3.63) is 29.3 Å². The van der Waals surface area contributed by atoms with E-state index in [1.807, 2.05) is 0 Å². The van der Waals surface area contributed by atoms with Gasteiger partial charge in [-0.3, -0.25) is 4.79 Å². The summed E-state index contributed by atoms with van der Waals surface area (Å²) in [7, 11) is 0. The Labute approximate surface area is 99.7 Å². The minimum absolute atomic E-state index is 0.122. The molecule has 2 heterocycles. The Bertz CT molecular complexity index is 502. The van der Waals surface area contributed by atoms with E-state index in [4.69, 9.17) is 0 Å². The molecule has 4 heteroatoms. The molecule has 2 rings (SSSR count). The first-order chi connectivity index (χ1) is 8.16. The first kappa shape index (κ1) is 11.6.